The van der Waals surface area contributed by atoms with E-state index in [9.17, 15) is 4.79 Å². The molecule has 1 N–H and O–H groups in total. The SMILES string of the molecule is C[C@@H]1Cc2ccccc2[C@H]1NC(=O)N1CCC2(C1)OCCO2. The highest BCUT2D eigenvalue weighted by molar-refractivity contribution is 5.75. The number of likely N-dealkylation sites (tertiary alicyclic amines) is 1. The van der Waals surface area contributed by atoms with E-state index in [2.05, 4.69) is 30.4 Å². The zero-order valence-electron chi connectivity index (χ0n) is 12.9. The zero-order chi connectivity index (χ0) is 15.2. The number of hydrogen-bond donors (Lipinski definition) is 1. The van der Waals surface area contributed by atoms with Crippen LogP contribution in [0.25, 0.3) is 0 Å². The molecule has 2 heterocycles. The van der Waals surface area contributed by atoms with Crippen molar-refractivity contribution in [3.8, 4) is 0 Å². The molecule has 0 aromatic heterocycles. The first-order valence-corrected chi connectivity index (χ1v) is 8.08. The number of carbonyl (C=O) groups is 1. The molecular weight excluding hydrogens is 280 g/mol. The van der Waals surface area contributed by atoms with Crippen LogP contribution in [0.15, 0.2) is 24.3 Å². The third-order valence-corrected chi connectivity index (χ3v) is 5.08. The lowest BCUT2D eigenvalue weighted by atomic mass is 10.0. The van der Waals surface area contributed by atoms with E-state index in [0.29, 0.717) is 32.2 Å². The van der Waals surface area contributed by atoms with Crippen LogP contribution in [0.4, 0.5) is 4.79 Å². The van der Waals surface area contributed by atoms with Crippen LogP contribution < -0.4 is 5.32 Å². The van der Waals surface area contributed by atoms with Crippen LogP contribution in [-0.4, -0.2) is 43.0 Å². The Kier molecular flexibility index (Phi) is 3.35. The summed E-state index contributed by atoms with van der Waals surface area (Å²) < 4.78 is 11.4. The van der Waals surface area contributed by atoms with Crippen LogP contribution in [0.2, 0.25) is 0 Å². The molecule has 3 aliphatic rings. The predicted octanol–water partition coefficient (Wildman–Crippen LogP) is 2.08. The Balaban J connectivity index is 1.44. The summed E-state index contributed by atoms with van der Waals surface area (Å²) in [5.74, 6) is -0.117. The smallest absolute Gasteiger partial charge is 0.318 e. The lowest BCUT2D eigenvalue weighted by Crippen LogP contribution is -2.43. The van der Waals surface area contributed by atoms with E-state index < -0.39 is 5.79 Å². The van der Waals surface area contributed by atoms with Crippen LogP contribution >= 0.6 is 0 Å². The molecule has 4 rings (SSSR count). The number of hydrogen-bond acceptors (Lipinski definition) is 3. The van der Waals surface area contributed by atoms with Crippen molar-refractivity contribution in [1.82, 2.24) is 10.2 Å². The molecule has 5 nitrogen and oxygen atoms in total. The fourth-order valence-corrected chi connectivity index (χ4v) is 3.90. The maximum Gasteiger partial charge on any atom is 0.318 e. The number of rotatable bonds is 1. The zero-order valence-corrected chi connectivity index (χ0v) is 12.9. The summed E-state index contributed by atoms with van der Waals surface area (Å²) in [5.41, 5.74) is 2.60. The van der Waals surface area contributed by atoms with Gasteiger partial charge in [-0.15, -0.1) is 0 Å². The lowest BCUT2D eigenvalue weighted by Gasteiger charge is -2.25. The molecule has 0 bridgehead atoms. The second-order valence-corrected chi connectivity index (χ2v) is 6.59. The Bertz CT molecular complexity index is 583. The fourth-order valence-electron chi connectivity index (χ4n) is 3.90. The van der Waals surface area contributed by atoms with E-state index in [4.69, 9.17) is 9.47 Å². The molecule has 1 aliphatic carbocycles. The second-order valence-electron chi connectivity index (χ2n) is 6.59. The Morgan fingerprint density at radius 3 is 2.91 bits per heavy atom. The number of nitrogens with zero attached hydrogens (tertiary/aromatic N) is 1. The average molecular weight is 302 g/mol. The van der Waals surface area contributed by atoms with Crippen LogP contribution in [-0.2, 0) is 15.9 Å². The van der Waals surface area contributed by atoms with Gasteiger partial charge >= 0.3 is 6.03 Å². The first-order chi connectivity index (χ1) is 10.7. The van der Waals surface area contributed by atoms with Crippen molar-refractivity contribution in [2.75, 3.05) is 26.3 Å². The third-order valence-electron chi connectivity index (χ3n) is 5.08. The summed E-state index contributed by atoms with van der Waals surface area (Å²) in [7, 11) is 0. The molecular formula is C17H22N2O3. The summed E-state index contributed by atoms with van der Waals surface area (Å²) >= 11 is 0. The Labute approximate surface area is 130 Å². The van der Waals surface area contributed by atoms with Gasteiger partial charge in [-0.1, -0.05) is 31.2 Å². The molecule has 118 valence electrons. The molecule has 0 radical (unpaired) electrons. The maximum atomic E-state index is 12.6. The lowest BCUT2D eigenvalue weighted by molar-refractivity contribution is -0.143. The first kappa shape index (κ1) is 14.0. The number of carbonyl (C=O) groups excluding carboxylic acids is 1. The Morgan fingerprint density at radius 1 is 1.32 bits per heavy atom. The standard InChI is InChI=1S/C17H22N2O3/c1-12-10-13-4-2-3-5-14(13)15(12)18-16(20)19-7-6-17(11-19)21-8-9-22-17/h2-5,12,15H,6-11H2,1H3,(H,18,20)/t12-,15+/m1/s1. The van der Waals surface area contributed by atoms with Gasteiger partial charge < -0.3 is 19.7 Å². The molecule has 0 unspecified atom stereocenters. The molecule has 2 saturated heterocycles. The van der Waals surface area contributed by atoms with Gasteiger partial charge in [0.1, 0.15) is 0 Å². The summed E-state index contributed by atoms with van der Waals surface area (Å²) in [6.45, 7) is 4.67. The largest absolute Gasteiger partial charge is 0.346 e. The van der Waals surface area contributed by atoms with E-state index in [1.165, 1.54) is 11.1 Å². The number of benzene rings is 1. The number of nitrogens with one attached hydrogen (secondary N) is 1. The normalized spacial score (nSPS) is 29.0. The highest BCUT2D eigenvalue weighted by Crippen LogP contribution is 2.36. The summed E-state index contributed by atoms with van der Waals surface area (Å²) in [6.07, 6.45) is 1.79. The molecule has 0 saturated carbocycles. The van der Waals surface area contributed by atoms with Crippen molar-refractivity contribution >= 4 is 6.03 Å². The first-order valence-electron chi connectivity index (χ1n) is 8.08. The highest BCUT2D eigenvalue weighted by atomic mass is 16.7. The van der Waals surface area contributed by atoms with E-state index in [1.807, 2.05) is 11.0 Å². The fraction of sp³-hybridized carbons (Fsp3) is 0.588. The molecule has 2 fully saturated rings. The van der Waals surface area contributed by atoms with Crippen molar-refractivity contribution in [3.63, 3.8) is 0 Å². The molecule has 1 spiro atoms. The predicted molar refractivity (Wildman–Crippen MR) is 81.4 cm³/mol. The molecule has 2 aliphatic heterocycles. The van der Waals surface area contributed by atoms with E-state index >= 15 is 0 Å². The number of urea groups is 1. The van der Waals surface area contributed by atoms with Crippen molar-refractivity contribution in [1.29, 1.82) is 0 Å². The summed E-state index contributed by atoms with van der Waals surface area (Å²) in [6, 6.07) is 8.48. The number of amides is 2. The third kappa shape index (κ3) is 2.29. The molecule has 2 amide bonds. The van der Waals surface area contributed by atoms with Gasteiger partial charge in [-0.2, -0.15) is 0 Å². The second kappa shape index (κ2) is 5.25. The van der Waals surface area contributed by atoms with E-state index in [0.717, 1.165) is 12.8 Å². The van der Waals surface area contributed by atoms with Gasteiger partial charge in [0.2, 0.25) is 0 Å². The molecule has 1 aromatic carbocycles. The van der Waals surface area contributed by atoms with Gasteiger partial charge in [0, 0.05) is 13.0 Å². The Morgan fingerprint density at radius 2 is 2.09 bits per heavy atom. The van der Waals surface area contributed by atoms with Crippen molar-refractivity contribution in [2.24, 2.45) is 5.92 Å². The quantitative estimate of drug-likeness (QED) is 0.864. The Hall–Kier alpha value is -1.59. The van der Waals surface area contributed by atoms with Crippen LogP contribution in [0.5, 0.6) is 0 Å². The minimum atomic E-state index is -0.545. The van der Waals surface area contributed by atoms with E-state index in [-0.39, 0.29) is 12.1 Å². The van der Waals surface area contributed by atoms with Gasteiger partial charge in [0.05, 0.1) is 25.8 Å². The topological polar surface area (TPSA) is 50.8 Å². The van der Waals surface area contributed by atoms with Crippen molar-refractivity contribution < 1.29 is 14.3 Å². The number of fused-ring (bicyclic) bond motifs is 1. The molecule has 2 atom stereocenters. The van der Waals surface area contributed by atoms with Gasteiger partial charge in [0.15, 0.2) is 5.79 Å². The van der Waals surface area contributed by atoms with E-state index in [1.54, 1.807) is 0 Å². The van der Waals surface area contributed by atoms with Crippen molar-refractivity contribution in [3.05, 3.63) is 35.4 Å². The van der Waals surface area contributed by atoms with Gasteiger partial charge in [0.25, 0.3) is 0 Å². The highest BCUT2D eigenvalue weighted by Gasteiger charge is 2.45. The van der Waals surface area contributed by atoms with Crippen LogP contribution in [0.3, 0.4) is 0 Å². The van der Waals surface area contributed by atoms with Crippen LogP contribution in [0, 0.1) is 5.92 Å². The number of ether oxygens (including phenoxy) is 2. The minimum Gasteiger partial charge on any atom is -0.346 e. The summed E-state index contributed by atoms with van der Waals surface area (Å²) in [5, 5.41) is 3.21. The maximum absolute atomic E-state index is 12.6. The van der Waals surface area contributed by atoms with Crippen LogP contribution in [0.1, 0.15) is 30.5 Å². The molecule has 5 heteroatoms. The molecule has 1 aromatic rings. The summed E-state index contributed by atoms with van der Waals surface area (Å²) in [4.78, 5) is 14.4. The van der Waals surface area contributed by atoms with Gasteiger partial charge in [-0.05, 0) is 23.5 Å². The molecule has 22 heavy (non-hydrogen) atoms. The average Bonchev–Trinajstić information content (AvgIpc) is 3.22. The minimum absolute atomic E-state index is 0.00970. The van der Waals surface area contributed by atoms with Gasteiger partial charge in [-0.3, -0.25) is 0 Å². The van der Waals surface area contributed by atoms with Crippen molar-refractivity contribution in [2.45, 2.75) is 31.6 Å². The van der Waals surface area contributed by atoms with Gasteiger partial charge in [-0.25, -0.2) is 4.79 Å². The monoisotopic (exact) mass is 302 g/mol.